The van der Waals surface area contributed by atoms with Crippen LogP contribution in [-0.4, -0.2) is 15.5 Å². The molecule has 0 aliphatic heterocycles. The van der Waals surface area contributed by atoms with Crippen LogP contribution >= 0.6 is 11.3 Å². The van der Waals surface area contributed by atoms with E-state index in [1.54, 1.807) is 0 Å². The molecule has 2 aromatic carbocycles. The van der Waals surface area contributed by atoms with Crippen molar-refractivity contribution in [2.24, 2.45) is 0 Å². The minimum atomic E-state index is -0.543. The number of carbonyl (C=O) groups is 1. The van der Waals surface area contributed by atoms with Gasteiger partial charge in [0.15, 0.2) is 0 Å². The van der Waals surface area contributed by atoms with Crippen molar-refractivity contribution < 1.29 is 14.5 Å². The van der Waals surface area contributed by atoms with Crippen molar-refractivity contribution in [2.45, 2.75) is 13.2 Å². The van der Waals surface area contributed by atoms with Gasteiger partial charge in [0, 0.05) is 12.1 Å². The van der Waals surface area contributed by atoms with E-state index in [0.29, 0.717) is 10.2 Å². The smallest absolute Gasteiger partial charge is 0.326 e. The zero-order valence-electron chi connectivity index (χ0n) is 12.4. The quantitative estimate of drug-likeness (QED) is 0.403. The molecule has 0 radical (unpaired) electrons. The van der Waals surface area contributed by atoms with Crippen LogP contribution in [0.25, 0.3) is 10.2 Å². The molecule has 0 saturated heterocycles. The molecule has 0 saturated carbocycles. The third-order valence-electron chi connectivity index (χ3n) is 3.39. The van der Waals surface area contributed by atoms with Crippen LogP contribution in [0.2, 0.25) is 0 Å². The van der Waals surface area contributed by atoms with Gasteiger partial charge in [-0.05, 0) is 11.6 Å². The second-order valence-electron chi connectivity index (χ2n) is 5.01. The molecule has 3 rings (SSSR count). The van der Waals surface area contributed by atoms with E-state index in [1.807, 2.05) is 30.3 Å². The summed E-state index contributed by atoms with van der Waals surface area (Å²) in [5.41, 5.74) is 1.24. The summed E-state index contributed by atoms with van der Waals surface area (Å²) in [5, 5.41) is 10.8. The molecule has 0 spiro atoms. The van der Waals surface area contributed by atoms with Crippen molar-refractivity contribution in [3.63, 3.8) is 0 Å². The molecule has 0 amide bonds. The Morgan fingerprint density at radius 1 is 1.21 bits per heavy atom. The molecule has 0 aliphatic carbocycles. The number of rotatable bonds is 5. The Hall–Kier alpha value is -3.00. The number of aromatic nitrogens is 1. The number of nitro groups is 1. The Morgan fingerprint density at radius 3 is 2.67 bits per heavy atom. The number of hydrogen-bond donors (Lipinski definition) is 0. The number of esters is 1. The number of fused-ring (bicyclic) bond motifs is 1. The maximum Gasteiger partial charge on any atom is 0.326 e. The maximum absolute atomic E-state index is 12.0. The van der Waals surface area contributed by atoms with E-state index in [1.165, 1.54) is 22.8 Å². The van der Waals surface area contributed by atoms with Gasteiger partial charge >= 0.3 is 10.8 Å². The first kappa shape index (κ1) is 15.9. The predicted octanol–water partition coefficient (Wildman–Crippen LogP) is 2.71. The van der Waals surface area contributed by atoms with Crippen LogP contribution in [0.15, 0.2) is 53.3 Å². The monoisotopic (exact) mass is 344 g/mol. The summed E-state index contributed by atoms with van der Waals surface area (Å²) < 4.78 is 6.89. The lowest BCUT2D eigenvalue weighted by atomic mass is 10.2. The standard InChI is InChI=1S/C16H12N2O5S/c19-15(23-10-11-4-2-1-3-5-11)9-17-13-7-6-12(18(21)22)8-14(13)24-16(17)20/h1-8H,9-10H2. The number of hydrogen-bond acceptors (Lipinski definition) is 6. The molecule has 3 aromatic rings. The fraction of sp³-hybridized carbons (Fsp3) is 0.125. The van der Waals surface area contributed by atoms with Crippen molar-refractivity contribution in [1.82, 2.24) is 4.57 Å². The van der Waals surface area contributed by atoms with Gasteiger partial charge in [-0.3, -0.25) is 24.3 Å². The summed E-state index contributed by atoms with van der Waals surface area (Å²) in [6.45, 7) is -0.106. The molecule has 0 N–H and O–H groups in total. The third-order valence-corrected chi connectivity index (χ3v) is 4.33. The second-order valence-corrected chi connectivity index (χ2v) is 6.00. The van der Waals surface area contributed by atoms with Crippen LogP contribution < -0.4 is 4.87 Å². The lowest BCUT2D eigenvalue weighted by Gasteiger charge is -2.06. The SMILES string of the molecule is O=C(Cn1c(=O)sc2cc([N+](=O)[O-])ccc21)OCc1ccccc1. The first-order valence-corrected chi connectivity index (χ1v) is 7.83. The lowest BCUT2D eigenvalue weighted by Crippen LogP contribution is -2.20. The van der Waals surface area contributed by atoms with Gasteiger partial charge < -0.3 is 4.74 Å². The van der Waals surface area contributed by atoms with Gasteiger partial charge in [0.2, 0.25) is 0 Å². The summed E-state index contributed by atoms with van der Waals surface area (Å²) in [7, 11) is 0. The third kappa shape index (κ3) is 3.33. The van der Waals surface area contributed by atoms with E-state index in [4.69, 9.17) is 4.74 Å². The van der Waals surface area contributed by atoms with E-state index in [9.17, 15) is 19.7 Å². The van der Waals surface area contributed by atoms with Crippen LogP contribution in [0.3, 0.4) is 0 Å². The Balaban J connectivity index is 1.77. The highest BCUT2D eigenvalue weighted by atomic mass is 32.1. The van der Waals surface area contributed by atoms with E-state index in [-0.39, 0.29) is 23.7 Å². The van der Waals surface area contributed by atoms with Crippen molar-refractivity contribution in [3.05, 3.63) is 73.9 Å². The molecule has 0 unspecified atom stereocenters. The van der Waals surface area contributed by atoms with E-state index in [0.717, 1.165) is 16.9 Å². The van der Waals surface area contributed by atoms with Gasteiger partial charge in [0.1, 0.15) is 13.2 Å². The molecule has 8 heteroatoms. The molecular formula is C16H12N2O5S. The Kier molecular flexibility index (Phi) is 4.39. The first-order chi connectivity index (χ1) is 11.5. The van der Waals surface area contributed by atoms with E-state index < -0.39 is 10.9 Å². The van der Waals surface area contributed by atoms with Crippen LogP contribution in [0, 0.1) is 10.1 Å². The average Bonchev–Trinajstić information content (AvgIpc) is 2.89. The van der Waals surface area contributed by atoms with Gasteiger partial charge in [-0.15, -0.1) is 0 Å². The number of non-ortho nitro benzene ring substituents is 1. The Morgan fingerprint density at radius 2 is 1.96 bits per heavy atom. The highest BCUT2D eigenvalue weighted by Gasteiger charge is 2.15. The first-order valence-electron chi connectivity index (χ1n) is 7.02. The minimum absolute atomic E-state index is 0.0949. The summed E-state index contributed by atoms with van der Waals surface area (Å²) in [6, 6.07) is 13.3. The molecule has 122 valence electrons. The Bertz CT molecular complexity index is 962. The number of nitro benzene ring substituents is 1. The van der Waals surface area contributed by atoms with Crippen LogP contribution in [-0.2, 0) is 22.7 Å². The predicted molar refractivity (Wildman–Crippen MR) is 89.0 cm³/mol. The number of nitrogens with zero attached hydrogens (tertiary/aromatic N) is 2. The number of thiazole rings is 1. The van der Waals surface area contributed by atoms with Crippen molar-refractivity contribution in [3.8, 4) is 0 Å². The summed E-state index contributed by atoms with van der Waals surface area (Å²) in [4.78, 5) is 33.9. The molecular weight excluding hydrogens is 332 g/mol. The maximum atomic E-state index is 12.0. The Labute approximate surface area is 139 Å². The minimum Gasteiger partial charge on any atom is -0.459 e. The molecule has 0 bridgehead atoms. The zero-order chi connectivity index (χ0) is 17.1. The van der Waals surface area contributed by atoms with Gasteiger partial charge in [0.05, 0.1) is 15.1 Å². The molecule has 7 nitrogen and oxygen atoms in total. The van der Waals surface area contributed by atoms with Crippen molar-refractivity contribution in [2.75, 3.05) is 0 Å². The van der Waals surface area contributed by atoms with Crippen LogP contribution in [0.4, 0.5) is 5.69 Å². The highest BCUT2D eigenvalue weighted by molar-refractivity contribution is 7.16. The van der Waals surface area contributed by atoms with Gasteiger partial charge in [-0.2, -0.15) is 0 Å². The topological polar surface area (TPSA) is 91.4 Å². The summed E-state index contributed by atoms with van der Waals surface area (Å²) in [6.07, 6.45) is 0. The van der Waals surface area contributed by atoms with Gasteiger partial charge in [-0.1, -0.05) is 41.7 Å². The van der Waals surface area contributed by atoms with Gasteiger partial charge in [0.25, 0.3) is 5.69 Å². The zero-order valence-corrected chi connectivity index (χ0v) is 13.2. The lowest BCUT2D eigenvalue weighted by molar-refractivity contribution is -0.384. The van der Waals surface area contributed by atoms with E-state index >= 15 is 0 Å². The van der Waals surface area contributed by atoms with Crippen LogP contribution in [0.5, 0.6) is 0 Å². The molecule has 24 heavy (non-hydrogen) atoms. The number of ether oxygens (including phenoxy) is 1. The number of benzene rings is 2. The molecule has 0 aliphatic rings. The fourth-order valence-electron chi connectivity index (χ4n) is 2.23. The summed E-state index contributed by atoms with van der Waals surface area (Å²) in [5.74, 6) is -0.543. The van der Waals surface area contributed by atoms with Crippen LogP contribution in [0.1, 0.15) is 5.56 Å². The fourth-order valence-corrected chi connectivity index (χ4v) is 3.15. The van der Waals surface area contributed by atoms with Gasteiger partial charge in [-0.25, -0.2) is 0 Å². The highest BCUT2D eigenvalue weighted by Crippen LogP contribution is 2.23. The second kappa shape index (κ2) is 6.63. The molecule has 1 heterocycles. The average molecular weight is 344 g/mol. The molecule has 0 fully saturated rings. The summed E-state index contributed by atoms with van der Waals surface area (Å²) >= 11 is 0.862. The van der Waals surface area contributed by atoms with Crippen molar-refractivity contribution >= 4 is 33.2 Å². The normalized spacial score (nSPS) is 10.7. The van der Waals surface area contributed by atoms with E-state index in [2.05, 4.69) is 0 Å². The number of carbonyl (C=O) groups excluding carboxylic acids is 1. The largest absolute Gasteiger partial charge is 0.459 e. The van der Waals surface area contributed by atoms with Crippen molar-refractivity contribution in [1.29, 1.82) is 0 Å². The molecule has 0 atom stereocenters. The molecule has 1 aromatic heterocycles.